The lowest BCUT2D eigenvalue weighted by molar-refractivity contribution is 0.0311. The quantitative estimate of drug-likeness (QED) is 0.347. The van der Waals surface area contributed by atoms with E-state index in [0.717, 1.165) is 0 Å². The number of nitrogens with one attached hydrogen (secondary N) is 1. The SMILES string of the molecule is COC(C)(C)CN=C(N)NC1CCCCCC1.I. The molecular formula is C13H28IN3O. The van der Waals surface area contributed by atoms with Crippen molar-refractivity contribution >= 4 is 29.9 Å². The minimum atomic E-state index is -0.240. The summed E-state index contributed by atoms with van der Waals surface area (Å²) in [5.74, 6) is 0.557. The normalized spacial score (nSPS) is 18.9. The summed E-state index contributed by atoms with van der Waals surface area (Å²) in [6.07, 6.45) is 7.73. The second-order valence-electron chi connectivity index (χ2n) is 5.50. The Morgan fingerprint density at radius 3 is 2.33 bits per heavy atom. The fourth-order valence-electron chi connectivity index (χ4n) is 2.02. The number of nitrogens with zero attached hydrogens (tertiary/aromatic N) is 1. The van der Waals surface area contributed by atoms with Crippen molar-refractivity contribution in [3.63, 3.8) is 0 Å². The topological polar surface area (TPSA) is 59.6 Å². The Balaban J connectivity index is 0.00000289. The van der Waals surface area contributed by atoms with Gasteiger partial charge >= 0.3 is 0 Å². The van der Waals surface area contributed by atoms with Gasteiger partial charge in [0.05, 0.1) is 12.1 Å². The Hall–Kier alpha value is -0.0400. The van der Waals surface area contributed by atoms with Gasteiger partial charge in [0.1, 0.15) is 0 Å². The largest absolute Gasteiger partial charge is 0.377 e. The molecular weight excluding hydrogens is 341 g/mol. The van der Waals surface area contributed by atoms with Gasteiger partial charge in [-0.05, 0) is 26.7 Å². The van der Waals surface area contributed by atoms with Gasteiger partial charge < -0.3 is 15.8 Å². The summed E-state index contributed by atoms with van der Waals surface area (Å²) in [5, 5.41) is 3.33. The van der Waals surface area contributed by atoms with Crippen molar-refractivity contribution in [3.8, 4) is 0 Å². The number of nitrogens with two attached hydrogens (primary N) is 1. The molecule has 1 fully saturated rings. The molecule has 0 aromatic heterocycles. The summed E-state index contributed by atoms with van der Waals surface area (Å²) in [6, 6.07) is 0.506. The molecule has 0 radical (unpaired) electrons. The molecule has 0 bridgehead atoms. The van der Waals surface area contributed by atoms with E-state index in [0.29, 0.717) is 18.5 Å². The van der Waals surface area contributed by atoms with Gasteiger partial charge in [0.2, 0.25) is 0 Å². The molecule has 4 nitrogen and oxygen atoms in total. The summed E-state index contributed by atoms with van der Waals surface area (Å²) in [7, 11) is 1.70. The first-order valence-electron chi connectivity index (χ1n) is 6.65. The molecule has 0 aromatic carbocycles. The van der Waals surface area contributed by atoms with Crippen molar-refractivity contribution in [2.45, 2.75) is 64.0 Å². The molecule has 1 saturated carbocycles. The molecule has 3 N–H and O–H groups in total. The number of guanidine groups is 1. The van der Waals surface area contributed by atoms with Crippen molar-refractivity contribution in [2.75, 3.05) is 13.7 Å². The van der Waals surface area contributed by atoms with Gasteiger partial charge in [0, 0.05) is 13.2 Å². The Morgan fingerprint density at radius 1 is 1.28 bits per heavy atom. The lowest BCUT2D eigenvalue weighted by Crippen LogP contribution is -2.41. The van der Waals surface area contributed by atoms with Crippen LogP contribution in [0, 0.1) is 0 Å². The minimum absolute atomic E-state index is 0. The highest BCUT2D eigenvalue weighted by Gasteiger charge is 2.16. The van der Waals surface area contributed by atoms with Crippen molar-refractivity contribution in [1.29, 1.82) is 0 Å². The first-order valence-corrected chi connectivity index (χ1v) is 6.65. The fourth-order valence-corrected chi connectivity index (χ4v) is 2.02. The van der Waals surface area contributed by atoms with Crippen molar-refractivity contribution < 1.29 is 4.74 Å². The molecule has 108 valence electrons. The second-order valence-corrected chi connectivity index (χ2v) is 5.50. The molecule has 0 atom stereocenters. The average Bonchev–Trinajstić information content (AvgIpc) is 2.55. The van der Waals surface area contributed by atoms with Gasteiger partial charge in [0.15, 0.2) is 5.96 Å². The molecule has 0 amide bonds. The highest BCUT2D eigenvalue weighted by molar-refractivity contribution is 14.0. The van der Waals surface area contributed by atoms with E-state index >= 15 is 0 Å². The third-order valence-electron chi connectivity index (χ3n) is 3.39. The highest BCUT2D eigenvalue weighted by atomic mass is 127. The van der Waals surface area contributed by atoms with Crippen molar-refractivity contribution in [1.82, 2.24) is 5.32 Å². The monoisotopic (exact) mass is 369 g/mol. The third-order valence-corrected chi connectivity index (χ3v) is 3.39. The van der Waals surface area contributed by atoms with E-state index in [9.17, 15) is 0 Å². The number of hydrogen-bond donors (Lipinski definition) is 2. The minimum Gasteiger partial charge on any atom is -0.377 e. The van der Waals surface area contributed by atoms with Crippen LogP contribution in [0.5, 0.6) is 0 Å². The zero-order valence-corrected chi connectivity index (χ0v) is 14.2. The predicted octanol–water partition coefficient (Wildman–Crippen LogP) is 2.66. The first kappa shape index (κ1) is 18.0. The highest BCUT2D eigenvalue weighted by Crippen LogP contribution is 2.17. The van der Waals surface area contributed by atoms with Crippen LogP contribution in [0.15, 0.2) is 4.99 Å². The van der Waals surface area contributed by atoms with Gasteiger partial charge in [-0.15, -0.1) is 24.0 Å². The van der Waals surface area contributed by atoms with Crippen molar-refractivity contribution in [2.24, 2.45) is 10.7 Å². The fraction of sp³-hybridized carbons (Fsp3) is 0.923. The molecule has 0 saturated heterocycles. The molecule has 1 aliphatic rings. The summed E-state index contributed by atoms with van der Waals surface area (Å²) < 4.78 is 5.31. The van der Waals surface area contributed by atoms with Gasteiger partial charge in [-0.2, -0.15) is 0 Å². The van der Waals surface area contributed by atoms with E-state index in [1.807, 2.05) is 13.8 Å². The van der Waals surface area contributed by atoms with E-state index in [2.05, 4.69) is 10.3 Å². The Morgan fingerprint density at radius 2 is 1.83 bits per heavy atom. The molecule has 0 heterocycles. The molecule has 1 aliphatic carbocycles. The summed E-state index contributed by atoms with van der Waals surface area (Å²) in [6.45, 7) is 4.61. The number of halogens is 1. The number of rotatable bonds is 4. The average molecular weight is 369 g/mol. The molecule has 0 aromatic rings. The van der Waals surface area contributed by atoms with Crippen LogP contribution in [0.2, 0.25) is 0 Å². The van der Waals surface area contributed by atoms with Crippen LogP contribution >= 0.6 is 24.0 Å². The van der Waals surface area contributed by atoms with Crippen LogP contribution in [-0.4, -0.2) is 31.3 Å². The first-order chi connectivity index (χ1) is 8.03. The van der Waals surface area contributed by atoms with Crippen molar-refractivity contribution in [3.05, 3.63) is 0 Å². The van der Waals surface area contributed by atoms with Gasteiger partial charge in [-0.3, -0.25) is 4.99 Å². The molecule has 1 rings (SSSR count). The maximum Gasteiger partial charge on any atom is 0.188 e. The Labute approximate surface area is 128 Å². The van der Waals surface area contributed by atoms with E-state index < -0.39 is 0 Å². The molecule has 5 heteroatoms. The zero-order valence-electron chi connectivity index (χ0n) is 11.9. The zero-order chi connectivity index (χ0) is 12.7. The third kappa shape index (κ3) is 7.41. The summed E-state index contributed by atoms with van der Waals surface area (Å²) >= 11 is 0. The molecule has 0 aliphatic heterocycles. The molecule has 0 unspecified atom stereocenters. The van der Waals surface area contributed by atoms with Gasteiger partial charge in [0.25, 0.3) is 0 Å². The Kier molecular flexibility index (Phi) is 8.94. The van der Waals surface area contributed by atoms with Crippen LogP contribution in [0.4, 0.5) is 0 Å². The lowest BCUT2D eigenvalue weighted by atomic mass is 10.1. The molecule has 18 heavy (non-hydrogen) atoms. The second kappa shape index (κ2) is 8.96. The molecule has 0 spiro atoms. The smallest absolute Gasteiger partial charge is 0.188 e. The van der Waals surface area contributed by atoms with Crippen LogP contribution in [-0.2, 0) is 4.74 Å². The standard InChI is InChI=1S/C13H27N3O.HI/c1-13(2,17-3)10-15-12(14)16-11-8-6-4-5-7-9-11;/h11H,4-10H2,1-3H3,(H3,14,15,16);1H. The van der Waals surface area contributed by atoms with E-state index in [-0.39, 0.29) is 29.6 Å². The number of methoxy groups -OCH3 is 1. The van der Waals surface area contributed by atoms with E-state index in [1.54, 1.807) is 7.11 Å². The maximum atomic E-state index is 5.90. The van der Waals surface area contributed by atoms with Crippen LogP contribution in [0.25, 0.3) is 0 Å². The maximum absolute atomic E-state index is 5.90. The van der Waals surface area contributed by atoms with E-state index in [4.69, 9.17) is 10.5 Å². The summed E-state index contributed by atoms with van der Waals surface area (Å²) in [5.41, 5.74) is 5.66. The summed E-state index contributed by atoms with van der Waals surface area (Å²) in [4.78, 5) is 4.35. The van der Waals surface area contributed by atoms with Crippen LogP contribution in [0.3, 0.4) is 0 Å². The number of hydrogen-bond acceptors (Lipinski definition) is 2. The van der Waals surface area contributed by atoms with Crippen LogP contribution < -0.4 is 11.1 Å². The predicted molar refractivity (Wildman–Crippen MR) is 87.6 cm³/mol. The van der Waals surface area contributed by atoms with E-state index in [1.165, 1.54) is 38.5 Å². The number of ether oxygens (including phenoxy) is 1. The van der Waals surface area contributed by atoms with Gasteiger partial charge in [-0.1, -0.05) is 25.7 Å². The lowest BCUT2D eigenvalue weighted by Gasteiger charge is -2.21. The Bertz CT molecular complexity index is 249. The number of aliphatic imine (C=N–C) groups is 1. The van der Waals surface area contributed by atoms with Crippen LogP contribution in [0.1, 0.15) is 52.4 Å². The van der Waals surface area contributed by atoms with Gasteiger partial charge in [-0.25, -0.2) is 0 Å².